The molecule has 0 bridgehead atoms. The van der Waals surface area contributed by atoms with Crippen molar-refractivity contribution in [1.29, 1.82) is 10.7 Å². The zero-order valence-corrected chi connectivity index (χ0v) is 21.2. The molecular weight excluding hydrogens is 483 g/mol. The highest BCUT2D eigenvalue weighted by Crippen LogP contribution is 2.32. The molecule has 1 unspecified atom stereocenters. The first-order valence-corrected chi connectivity index (χ1v) is 12.9. The molecule has 38 heavy (non-hydrogen) atoms. The zero-order chi connectivity index (χ0) is 26.3. The van der Waals surface area contributed by atoms with Crippen LogP contribution in [0.5, 0.6) is 5.75 Å². The minimum atomic E-state index is -0.256. The highest BCUT2D eigenvalue weighted by Gasteiger charge is 2.27. The lowest BCUT2D eigenvalue weighted by molar-refractivity contribution is 0.0322. The molecule has 2 aliphatic heterocycles. The second-order valence-corrected chi connectivity index (χ2v) is 9.43. The van der Waals surface area contributed by atoms with Crippen molar-refractivity contribution in [3.05, 3.63) is 77.5 Å². The van der Waals surface area contributed by atoms with Crippen LogP contribution in [0.1, 0.15) is 35.8 Å². The maximum Gasteiger partial charge on any atom is 0.137 e. The quantitative estimate of drug-likeness (QED) is 0.336. The van der Waals surface area contributed by atoms with E-state index in [0.717, 1.165) is 69.1 Å². The van der Waals surface area contributed by atoms with Crippen LogP contribution in [-0.2, 0) is 4.74 Å². The van der Waals surface area contributed by atoms with Crippen molar-refractivity contribution < 1.29 is 13.9 Å². The largest absolute Gasteiger partial charge is 0.491 e. The van der Waals surface area contributed by atoms with E-state index < -0.39 is 0 Å². The summed E-state index contributed by atoms with van der Waals surface area (Å²) in [4.78, 5) is 12.0. The number of benzene rings is 2. The summed E-state index contributed by atoms with van der Waals surface area (Å²) < 4.78 is 25.1. The summed E-state index contributed by atoms with van der Waals surface area (Å²) in [6, 6.07) is 14.3. The van der Waals surface area contributed by atoms with E-state index in [1.165, 1.54) is 6.07 Å². The third kappa shape index (κ3) is 6.10. The van der Waals surface area contributed by atoms with Crippen molar-refractivity contribution in [1.82, 2.24) is 19.8 Å². The predicted octanol–water partition coefficient (Wildman–Crippen LogP) is 4.63. The number of amidine groups is 1. The molecule has 3 aromatic rings. The lowest BCUT2D eigenvalue weighted by atomic mass is 10.0. The topological polar surface area (TPSA) is 101 Å². The predicted molar refractivity (Wildman–Crippen MR) is 143 cm³/mol. The second kappa shape index (κ2) is 12.0. The normalized spacial score (nSPS) is 18.1. The molecule has 2 N–H and O–H groups in total. The van der Waals surface area contributed by atoms with Gasteiger partial charge in [-0.2, -0.15) is 5.26 Å². The lowest BCUT2D eigenvalue weighted by Crippen LogP contribution is -2.38. The van der Waals surface area contributed by atoms with E-state index in [4.69, 9.17) is 14.9 Å². The third-order valence-electron chi connectivity index (χ3n) is 6.97. The Morgan fingerprint density at radius 3 is 2.92 bits per heavy atom. The average molecular weight is 515 g/mol. The average Bonchev–Trinajstić information content (AvgIpc) is 3.63. The Kier molecular flexibility index (Phi) is 8.12. The van der Waals surface area contributed by atoms with Crippen molar-refractivity contribution in [3.8, 4) is 23.1 Å². The van der Waals surface area contributed by atoms with Crippen LogP contribution in [0.3, 0.4) is 0 Å². The van der Waals surface area contributed by atoms with Gasteiger partial charge in [0, 0.05) is 31.7 Å². The molecule has 2 saturated heterocycles. The maximum absolute atomic E-state index is 13.7. The van der Waals surface area contributed by atoms with Crippen LogP contribution in [0.25, 0.3) is 17.3 Å². The van der Waals surface area contributed by atoms with Gasteiger partial charge in [0.15, 0.2) is 0 Å². The summed E-state index contributed by atoms with van der Waals surface area (Å²) in [6.45, 7) is 5.28. The second-order valence-electron chi connectivity index (χ2n) is 9.43. The van der Waals surface area contributed by atoms with Crippen LogP contribution in [0.2, 0.25) is 0 Å². The Morgan fingerprint density at radius 2 is 2.11 bits per heavy atom. The molecule has 0 aliphatic carbocycles. The van der Waals surface area contributed by atoms with Crippen LogP contribution < -0.4 is 4.74 Å². The number of aromatic nitrogens is 2. The molecule has 0 saturated carbocycles. The zero-order valence-electron chi connectivity index (χ0n) is 21.2. The van der Waals surface area contributed by atoms with Gasteiger partial charge in [-0.25, -0.2) is 9.37 Å². The summed E-state index contributed by atoms with van der Waals surface area (Å²) in [7, 11) is 0. The SMILES string of the molecule is N#Cc1ccc(-c2cnc(/C=C\C(=N)N3CCCC3c3cccc(F)c3)[nH]2)cc1OCCN1CCOCC1. The number of H-pyrrole nitrogens is 1. The molecule has 196 valence electrons. The Bertz CT molecular complexity index is 1340. The van der Waals surface area contributed by atoms with E-state index >= 15 is 0 Å². The Labute approximate surface area is 221 Å². The van der Waals surface area contributed by atoms with E-state index in [-0.39, 0.29) is 11.9 Å². The standard InChI is InChI=1S/C29H31FN6O2/c30-24-4-1-3-22(17-24)26-5-2-10-36(26)28(32)8-9-29-33-20-25(34-29)21-6-7-23(19-31)27(18-21)38-16-13-35-11-14-37-15-12-35/h1,3-4,6-9,17-18,20,26,32H,2,5,10-16H2,(H,33,34)/b9-8-,32-28?. The Hall–Kier alpha value is -4.00. The number of hydrogen-bond donors (Lipinski definition) is 2. The summed E-state index contributed by atoms with van der Waals surface area (Å²) in [6.07, 6.45) is 7.07. The highest BCUT2D eigenvalue weighted by molar-refractivity contribution is 5.94. The van der Waals surface area contributed by atoms with Gasteiger partial charge < -0.3 is 19.4 Å². The van der Waals surface area contributed by atoms with Crippen LogP contribution in [-0.4, -0.2) is 71.6 Å². The summed E-state index contributed by atoms with van der Waals surface area (Å²) in [5.41, 5.74) is 3.03. The smallest absolute Gasteiger partial charge is 0.137 e. The van der Waals surface area contributed by atoms with Gasteiger partial charge in [-0.1, -0.05) is 18.2 Å². The van der Waals surface area contributed by atoms with Gasteiger partial charge in [-0.05, 0) is 54.8 Å². The van der Waals surface area contributed by atoms with Crippen LogP contribution >= 0.6 is 0 Å². The first kappa shape index (κ1) is 25.6. The molecule has 1 aromatic heterocycles. The molecule has 2 aliphatic rings. The van der Waals surface area contributed by atoms with Gasteiger partial charge >= 0.3 is 0 Å². The van der Waals surface area contributed by atoms with Crippen molar-refractivity contribution in [2.75, 3.05) is 46.0 Å². The minimum absolute atomic E-state index is 0.00433. The van der Waals surface area contributed by atoms with Crippen molar-refractivity contribution >= 4 is 11.9 Å². The molecule has 1 atom stereocenters. The fraction of sp³-hybridized carbons (Fsp3) is 0.345. The van der Waals surface area contributed by atoms with Crippen LogP contribution in [0.15, 0.2) is 54.7 Å². The van der Waals surface area contributed by atoms with E-state index in [2.05, 4.69) is 20.9 Å². The first-order chi connectivity index (χ1) is 18.6. The summed E-state index contributed by atoms with van der Waals surface area (Å²) in [5, 5.41) is 18.1. The van der Waals surface area contributed by atoms with Gasteiger partial charge in [0.05, 0.1) is 36.7 Å². The number of halogens is 1. The fourth-order valence-electron chi connectivity index (χ4n) is 4.95. The molecule has 2 fully saturated rings. The summed E-state index contributed by atoms with van der Waals surface area (Å²) >= 11 is 0. The van der Waals surface area contributed by atoms with Crippen molar-refractivity contribution in [3.63, 3.8) is 0 Å². The molecule has 5 rings (SSSR count). The van der Waals surface area contributed by atoms with E-state index in [0.29, 0.717) is 29.6 Å². The van der Waals surface area contributed by atoms with Crippen molar-refractivity contribution in [2.45, 2.75) is 18.9 Å². The summed E-state index contributed by atoms with van der Waals surface area (Å²) in [5.74, 6) is 1.27. The molecule has 0 radical (unpaired) electrons. The van der Waals surface area contributed by atoms with Gasteiger partial charge in [-0.15, -0.1) is 0 Å². The van der Waals surface area contributed by atoms with Crippen LogP contribution in [0, 0.1) is 22.6 Å². The molecule has 8 nitrogen and oxygen atoms in total. The number of likely N-dealkylation sites (tertiary alicyclic amines) is 1. The number of nitriles is 1. The van der Waals surface area contributed by atoms with Gasteiger partial charge in [0.1, 0.15) is 35.9 Å². The molecular formula is C29H31FN6O2. The Morgan fingerprint density at radius 1 is 1.24 bits per heavy atom. The fourth-order valence-corrected chi connectivity index (χ4v) is 4.95. The monoisotopic (exact) mass is 514 g/mol. The van der Waals surface area contributed by atoms with Gasteiger partial charge in [0.25, 0.3) is 0 Å². The van der Waals surface area contributed by atoms with Crippen molar-refractivity contribution in [2.24, 2.45) is 0 Å². The first-order valence-electron chi connectivity index (χ1n) is 12.9. The van der Waals surface area contributed by atoms with E-state index in [1.54, 1.807) is 36.5 Å². The highest BCUT2D eigenvalue weighted by atomic mass is 19.1. The molecule has 0 amide bonds. The molecule has 2 aromatic carbocycles. The Balaban J connectivity index is 1.23. The van der Waals surface area contributed by atoms with E-state index in [1.807, 2.05) is 23.1 Å². The lowest BCUT2D eigenvalue weighted by Gasteiger charge is -2.26. The maximum atomic E-state index is 13.7. The number of ether oxygens (including phenoxy) is 2. The number of aromatic amines is 1. The molecule has 0 spiro atoms. The number of hydrogen-bond acceptors (Lipinski definition) is 6. The molecule has 9 heteroatoms. The van der Waals surface area contributed by atoms with Gasteiger partial charge in [0.2, 0.25) is 0 Å². The number of nitrogens with zero attached hydrogens (tertiary/aromatic N) is 4. The third-order valence-corrected chi connectivity index (χ3v) is 6.97. The minimum Gasteiger partial charge on any atom is -0.491 e. The number of rotatable bonds is 8. The number of nitrogens with one attached hydrogen (secondary N) is 2. The van der Waals surface area contributed by atoms with Gasteiger partial charge in [-0.3, -0.25) is 10.3 Å². The number of morpholine rings is 1. The molecule has 3 heterocycles. The van der Waals surface area contributed by atoms with E-state index in [9.17, 15) is 9.65 Å². The number of imidazole rings is 1. The van der Waals surface area contributed by atoms with Crippen LogP contribution in [0.4, 0.5) is 4.39 Å².